The van der Waals surface area contributed by atoms with E-state index in [4.69, 9.17) is 9.84 Å². The van der Waals surface area contributed by atoms with E-state index in [1.165, 1.54) is 23.9 Å². The van der Waals surface area contributed by atoms with Gasteiger partial charge in [0.15, 0.2) is 0 Å². The van der Waals surface area contributed by atoms with Gasteiger partial charge in [0.05, 0.1) is 6.61 Å². The Kier molecular flexibility index (Phi) is 7.11. The Hall–Kier alpha value is -2.23. The SMILES string of the molecule is C=C(/C=C(F)\C=C/C)SC1=CC2=C(C=C=C1)CC(CC(=O)O)CCO2. The number of rotatable bonds is 6. The van der Waals surface area contributed by atoms with Crippen molar-refractivity contribution in [3.05, 3.63) is 75.7 Å². The summed E-state index contributed by atoms with van der Waals surface area (Å²) in [6.45, 7) is 6.09. The lowest BCUT2D eigenvalue weighted by Gasteiger charge is -2.10. The molecule has 0 saturated heterocycles. The highest BCUT2D eigenvalue weighted by Gasteiger charge is 2.21. The maximum atomic E-state index is 13.5. The molecule has 0 fully saturated rings. The van der Waals surface area contributed by atoms with Crippen molar-refractivity contribution in [3.8, 4) is 0 Å². The van der Waals surface area contributed by atoms with Gasteiger partial charge in [-0.1, -0.05) is 24.4 Å². The van der Waals surface area contributed by atoms with Gasteiger partial charge in [-0.2, -0.15) is 0 Å². The van der Waals surface area contributed by atoms with Crippen molar-refractivity contribution in [2.45, 2.75) is 26.2 Å². The Morgan fingerprint density at radius 2 is 2.36 bits per heavy atom. The molecular weight excluding hydrogens is 339 g/mol. The molecule has 1 N–H and O–H groups in total. The second kappa shape index (κ2) is 9.30. The van der Waals surface area contributed by atoms with Crippen molar-refractivity contribution < 1.29 is 19.0 Å². The van der Waals surface area contributed by atoms with Crippen LogP contribution in [0.2, 0.25) is 0 Å². The minimum atomic E-state index is -0.791. The van der Waals surface area contributed by atoms with Crippen molar-refractivity contribution in [3.63, 3.8) is 0 Å². The van der Waals surface area contributed by atoms with Crippen LogP contribution in [0.1, 0.15) is 26.2 Å². The Morgan fingerprint density at radius 3 is 3.08 bits per heavy atom. The summed E-state index contributed by atoms with van der Waals surface area (Å²) in [5.74, 6) is -0.364. The minimum absolute atomic E-state index is 0.0541. The number of ether oxygens (including phenoxy) is 1. The molecule has 0 aromatic rings. The molecule has 1 aliphatic heterocycles. The van der Waals surface area contributed by atoms with E-state index in [-0.39, 0.29) is 18.2 Å². The average molecular weight is 360 g/mol. The van der Waals surface area contributed by atoms with Gasteiger partial charge in [0.1, 0.15) is 11.6 Å². The third-order valence-electron chi connectivity index (χ3n) is 3.70. The van der Waals surface area contributed by atoms with Gasteiger partial charge < -0.3 is 9.84 Å². The molecule has 1 aliphatic carbocycles. The van der Waals surface area contributed by atoms with Crippen LogP contribution in [-0.4, -0.2) is 17.7 Å². The number of carboxylic acids is 1. The molecule has 0 aromatic heterocycles. The monoisotopic (exact) mass is 360 g/mol. The fourth-order valence-corrected chi connectivity index (χ4v) is 3.39. The zero-order chi connectivity index (χ0) is 18.2. The third-order valence-corrected chi connectivity index (χ3v) is 4.55. The first kappa shape index (κ1) is 19.1. The molecule has 2 rings (SSSR count). The Morgan fingerprint density at radius 1 is 1.56 bits per heavy atom. The molecule has 25 heavy (non-hydrogen) atoms. The lowest BCUT2D eigenvalue weighted by Crippen LogP contribution is -2.08. The van der Waals surface area contributed by atoms with Crippen LogP contribution < -0.4 is 0 Å². The number of carbonyl (C=O) groups is 1. The second-order valence-corrected chi connectivity index (χ2v) is 6.99. The number of allylic oxidation sites excluding steroid dienone is 7. The Bertz CT molecular complexity index is 734. The van der Waals surface area contributed by atoms with Crippen LogP contribution in [0.5, 0.6) is 0 Å². The van der Waals surface area contributed by atoms with Crippen molar-refractivity contribution in [1.29, 1.82) is 0 Å². The predicted molar refractivity (Wildman–Crippen MR) is 99.4 cm³/mol. The summed E-state index contributed by atoms with van der Waals surface area (Å²) >= 11 is 1.33. The topological polar surface area (TPSA) is 46.5 Å². The molecule has 0 amide bonds. The average Bonchev–Trinajstić information content (AvgIpc) is 2.79. The first-order valence-corrected chi connectivity index (χ1v) is 8.88. The van der Waals surface area contributed by atoms with E-state index in [2.05, 4.69) is 12.3 Å². The van der Waals surface area contributed by atoms with Crippen LogP contribution >= 0.6 is 11.8 Å². The molecule has 1 heterocycles. The molecule has 0 aromatic carbocycles. The fourth-order valence-electron chi connectivity index (χ4n) is 2.62. The minimum Gasteiger partial charge on any atom is -0.493 e. The smallest absolute Gasteiger partial charge is 0.303 e. The summed E-state index contributed by atoms with van der Waals surface area (Å²) in [4.78, 5) is 12.4. The van der Waals surface area contributed by atoms with Crippen molar-refractivity contribution >= 4 is 17.7 Å². The molecule has 0 radical (unpaired) electrons. The molecule has 1 atom stereocenters. The number of carboxylic acid groups (broad SMARTS) is 1. The third kappa shape index (κ3) is 6.29. The lowest BCUT2D eigenvalue weighted by molar-refractivity contribution is -0.138. The number of hydrogen-bond acceptors (Lipinski definition) is 3. The molecule has 0 saturated carbocycles. The summed E-state index contributed by atoms with van der Waals surface area (Å²) in [7, 11) is 0. The summed E-state index contributed by atoms with van der Waals surface area (Å²) in [5.41, 5.74) is 4.03. The molecule has 0 spiro atoms. The van der Waals surface area contributed by atoms with E-state index in [9.17, 15) is 9.18 Å². The molecular formula is C20H21FO3S. The number of hydrogen-bond donors (Lipinski definition) is 1. The maximum absolute atomic E-state index is 13.5. The van der Waals surface area contributed by atoms with Gasteiger partial charge in [0.25, 0.3) is 0 Å². The molecule has 3 nitrogen and oxygen atoms in total. The van der Waals surface area contributed by atoms with Gasteiger partial charge in [-0.05, 0) is 56.1 Å². The van der Waals surface area contributed by atoms with Gasteiger partial charge >= 0.3 is 5.97 Å². The Labute approximate surface area is 151 Å². The normalized spacial score (nSPS) is 20.6. The van der Waals surface area contributed by atoms with Gasteiger partial charge in [0.2, 0.25) is 0 Å². The van der Waals surface area contributed by atoms with E-state index >= 15 is 0 Å². The summed E-state index contributed by atoms with van der Waals surface area (Å²) in [5, 5.41) is 9.01. The zero-order valence-electron chi connectivity index (χ0n) is 14.1. The van der Waals surface area contributed by atoms with Crippen molar-refractivity contribution in [2.75, 3.05) is 6.61 Å². The fraction of sp³-hybridized carbons (Fsp3) is 0.300. The second-order valence-electron chi connectivity index (χ2n) is 5.79. The highest BCUT2D eigenvalue weighted by atomic mass is 32.2. The molecule has 132 valence electrons. The quantitative estimate of drug-likeness (QED) is 0.507. The number of aliphatic carboxylic acids is 1. The van der Waals surface area contributed by atoms with E-state index in [1.807, 2.05) is 12.2 Å². The molecule has 5 heteroatoms. The van der Waals surface area contributed by atoms with Crippen molar-refractivity contribution in [2.24, 2.45) is 5.92 Å². The van der Waals surface area contributed by atoms with Gasteiger partial charge in [-0.15, -0.1) is 5.73 Å². The van der Waals surface area contributed by atoms with Crippen molar-refractivity contribution in [1.82, 2.24) is 0 Å². The molecule has 1 unspecified atom stereocenters. The van der Waals surface area contributed by atoms with Gasteiger partial charge in [-0.3, -0.25) is 4.79 Å². The largest absolute Gasteiger partial charge is 0.493 e. The number of thioether (sulfide) groups is 1. The highest BCUT2D eigenvalue weighted by molar-refractivity contribution is 8.07. The van der Waals surface area contributed by atoms with Crippen LogP contribution in [0.25, 0.3) is 0 Å². The van der Waals surface area contributed by atoms with E-state index in [1.54, 1.807) is 19.1 Å². The summed E-state index contributed by atoms with van der Waals surface area (Å²) in [6, 6.07) is 0. The summed E-state index contributed by atoms with van der Waals surface area (Å²) < 4.78 is 19.3. The van der Waals surface area contributed by atoms with E-state index in [0.717, 1.165) is 16.2 Å². The zero-order valence-corrected chi connectivity index (χ0v) is 14.9. The predicted octanol–water partition coefficient (Wildman–Crippen LogP) is 5.43. The van der Waals surface area contributed by atoms with Crippen LogP contribution in [0.4, 0.5) is 4.39 Å². The first-order valence-electron chi connectivity index (χ1n) is 8.06. The van der Waals surface area contributed by atoms with Gasteiger partial charge in [0, 0.05) is 21.8 Å². The van der Waals surface area contributed by atoms with Crippen LogP contribution in [0, 0.1) is 5.92 Å². The molecule has 0 bridgehead atoms. The maximum Gasteiger partial charge on any atom is 0.303 e. The summed E-state index contributed by atoms with van der Waals surface area (Å²) in [6.07, 6.45) is 11.4. The van der Waals surface area contributed by atoms with Crippen LogP contribution in [0.3, 0.4) is 0 Å². The molecule has 2 aliphatic rings. The van der Waals surface area contributed by atoms with Crippen LogP contribution in [0.15, 0.2) is 75.7 Å². The van der Waals surface area contributed by atoms with Crippen LogP contribution in [-0.2, 0) is 9.53 Å². The van der Waals surface area contributed by atoms with E-state index in [0.29, 0.717) is 24.4 Å². The highest BCUT2D eigenvalue weighted by Crippen LogP contribution is 2.33. The number of halogens is 1. The Balaban J connectivity index is 2.15. The standard InChI is InChI=1S/C20H21FO3S/c1-3-5-17(21)10-14(2)25-18-7-4-6-16-11-15(12-20(22)23)8-9-24-19(16)13-18/h3,5-7,10,13,15H,2,8-9,11-12H2,1H3,(H,22,23)/b5-3-,17-10+. The first-order chi connectivity index (χ1) is 12.0. The van der Waals surface area contributed by atoms with E-state index < -0.39 is 5.97 Å². The van der Waals surface area contributed by atoms with Gasteiger partial charge in [-0.25, -0.2) is 4.39 Å². The lowest BCUT2D eigenvalue weighted by atomic mass is 9.93.